The normalized spacial score (nSPS) is 19.0. The quantitative estimate of drug-likeness (QED) is 0.545. The zero-order valence-electron chi connectivity index (χ0n) is 6.22. The molecule has 4 heteroatoms. The number of carbonyl (C=O) groups is 1. The molecule has 4 nitrogen and oxygen atoms in total. The van der Waals surface area contributed by atoms with Gasteiger partial charge < -0.3 is 4.90 Å². The molecule has 0 saturated carbocycles. The van der Waals surface area contributed by atoms with Crippen molar-refractivity contribution in [1.82, 2.24) is 9.80 Å². The maximum atomic E-state index is 11.0. The lowest BCUT2D eigenvalue weighted by atomic mass is 10.5. The summed E-state index contributed by atoms with van der Waals surface area (Å²) in [6.07, 6.45) is 0. The van der Waals surface area contributed by atoms with E-state index in [2.05, 4.69) is 0 Å². The first-order valence-corrected chi connectivity index (χ1v) is 3.27. The molecule has 0 bridgehead atoms. The molecule has 1 saturated heterocycles. The van der Waals surface area contributed by atoms with Crippen LogP contribution in [0.5, 0.6) is 0 Å². The Morgan fingerprint density at radius 1 is 1.70 bits per heavy atom. The second-order valence-electron chi connectivity index (χ2n) is 2.32. The monoisotopic (exact) mass is 141 g/mol. The third-order valence-corrected chi connectivity index (χ3v) is 1.61. The van der Waals surface area contributed by atoms with Gasteiger partial charge in [0.25, 0.3) is 0 Å². The highest BCUT2D eigenvalue weighted by Gasteiger charge is 2.28. The zero-order valence-corrected chi connectivity index (χ0v) is 6.22. The standard InChI is InChI=1S/C6H11N3O/c1-3-9-5(10)4-8(2)6(9)7/h7H,3-4H2,1-2H3. The maximum absolute atomic E-state index is 11.0. The summed E-state index contributed by atoms with van der Waals surface area (Å²) in [4.78, 5) is 14.1. The van der Waals surface area contributed by atoms with Gasteiger partial charge in [-0.2, -0.15) is 0 Å². The van der Waals surface area contributed by atoms with Crippen LogP contribution in [0.15, 0.2) is 0 Å². The minimum atomic E-state index is 0.0231. The van der Waals surface area contributed by atoms with E-state index in [9.17, 15) is 4.79 Å². The molecule has 0 aromatic carbocycles. The van der Waals surface area contributed by atoms with Crippen molar-refractivity contribution < 1.29 is 4.79 Å². The SMILES string of the molecule is CCN1C(=N)N(C)CC1=O. The first kappa shape index (κ1) is 7.05. The van der Waals surface area contributed by atoms with Crippen LogP contribution in [0.1, 0.15) is 6.92 Å². The molecule has 1 heterocycles. The molecular weight excluding hydrogens is 130 g/mol. The lowest BCUT2D eigenvalue weighted by Crippen LogP contribution is -2.31. The molecule has 0 unspecified atom stereocenters. The number of amides is 1. The summed E-state index contributed by atoms with van der Waals surface area (Å²) >= 11 is 0. The van der Waals surface area contributed by atoms with Crippen LogP contribution in [-0.4, -0.2) is 41.8 Å². The number of rotatable bonds is 1. The highest BCUT2D eigenvalue weighted by molar-refractivity contribution is 6.02. The first-order valence-electron chi connectivity index (χ1n) is 3.27. The average Bonchev–Trinajstić information content (AvgIpc) is 2.09. The van der Waals surface area contributed by atoms with Crippen LogP contribution in [0.3, 0.4) is 0 Å². The third kappa shape index (κ3) is 0.853. The molecule has 1 rings (SSSR count). The Balaban J connectivity index is 2.74. The predicted molar refractivity (Wildman–Crippen MR) is 37.7 cm³/mol. The van der Waals surface area contributed by atoms with Crippen molar-refractivity contribution >= 4 is 11.9 Å². The van der Waals surface area contributed by atoms with Crippen LogP contribution in [0, 0.1) is 5.41 Å². The van der Waals surface area contributed by atoms with Crippen LogP contribution in [0.2, 0.25) is 0 Å². The molecule has 1 amide bonds. The molecule has 1 aliphatic heterocycles. The summed E-state index contributed by atoms with van der Waals surface area (Å²) in [6.45, 7) is 2.82. The Kier molecular flexibility index (Phi) is 1.61. The van der Waals surface area contributed by atoms with Crippen molar-refractivity contribution in [2.45, 2.75) is 6.92 Å². The van der Waals surface area contributed by atoms with E-state index in [4.69, 9.17) is 5.41 Å². The Hall–Kier alpha value is -1.06. The minimum absolute atomic E-state index is 0.0231. The van der Waals surface area contributed by atoms with E-state index in [1.165, 1.54) is 4.90 Å². The first-order chi connectivity index (χ1) is 4.66. The molecule has 1 aliphatic rings. The van der Waals surface area contributed by atoms with E-state index in [0.717, 1.165) is 0 Å². The summed E-state index contributed by atoms with van der Waals surface area (Å²) in [5, 5.41) is 7.37. The molecule has 0 aromatic heterocycles. The lowest BCUT2D eigenvalue weighted by molar-refractivity contribution is -0.124. The molecule has 1 fully saturated rings. The highest BCUT2D eigenvalue weighted by atomic mass is 16.2. The van der Waals surface area contributed by atoms with Crippen LogP contribution in [0.4, 0.5) is 0 Å². The molecule has 1 N–H and O–H groups in total. The molecule has 0 spiro atoms. The number of nitrogens with one attached hydrogen (secondary N) is 1. The Morgan fingerprint density at radius 3 is 2.50 bits per heavy atom. The molecule has 10 heavy (non-hydrogen) atoms. The van der Waals surface area contributed by atoms with Crippen LogP contribution in [0.25, 0.3) is 0 Å². The van der Waals surface area contributed by atoms with E-state index >= 15 is 0 Å². The van der Waals surface area contributed by atoms with E-state index in [-0.39, 0.29) is 5.91 Å². The van der Waals surface area contributed by atoms with Crippen molar-refractivity contribution in [3.8, 4) is 0 Å². The molecule has 0 aromatic rings. The van der Waals surface area contributed by atoms with Gasteiger partial charge in [-0.05, 0) is 6.92 Å². The average molecular weight is 141 g/mol. The molecular formula is C6H11N3O. The predicted octanol–water partition coefficient (Wildman–Crippen LogP) is -0.285. The van der Waals surface area contributed by atoms with E-state index in [1.807, 2.05) is 6.92 Å². The van der Waals surface area contributed by atoms with Gasteiger partial charge in [-0.25, -0.2) is 0 Å². The van der Waals surface area contributed by atoms with Gasteiger partial charge >= 0.3 is 0 Å². The summed E-state index contributed by atoms with van der Waals surface area (Å²) in [7, 11) is 1.75. The number of carbonyl (C=O) groups excluding carboxylic acids is 1. The van der Waals surface area contributed by atoms with Gasteiger partial charge in [0.1, 0.15) is 0 Å². The summed E-state index contributed by atoms with van der Waals surface area (Å²) in [5.41, 5.74) is 0. The Bertz CT molecular complexity index is 178. The third-order valence-electron chi connectivity index (χ3n) is 1.61. The minimum Gasteiger partial charge on any atom is -0.336 e. The number of nitrogens with zero attached hydrogens (tertiary/aromatic N) is 2. The van der Waals surface area contributed by atoms with E-state index in [1.54, 1.807) is 11.9 Å². The van der Waals surface area contributed by atoms with Crippen molar-refractivity contribution in [2.24, 2.45) is 0 Å². The van der Waals surface area contributed by atoms with Crippen molar-refractivity contribution in [3.63, 3.8) is 0 Å². The Labute approximate surface area is 59.9 Å². The molecule has 0 atom stereocenters. The number of guanidine groups is 1. The fraction of sp³-hybridized carbons (Fsp3) is 0.667. The van der Waals surface area contributed by atoms with Gasteiger partial charge in [0.15, 0.2) is 0 Å². The summed E-state index contributed by atoms with van der Waals surface area (Å²) in [6, 6.07) is 0. The van der Waals surface area contributed by atoms with Crippen LogP contribution in [-0.2, 0) is 4.79 Å². The van der Waals surface area contributed by atoms with E-state index < -0.39 is 0 Å². The van der Waals surface area contributed by atoms with E-state index in [0.29, 0.717) is 19.0 Å². The maximum Gasteiger partial charge on any atom is 0.248 e. The second kappa shape index (κ2) is 2.28. The fourth-order valence-electron chi connectivity index (χ4n) is 1.01. The van der Waals surface area contributed by atoms with Gasteiger partial charge in [0.2, 0.25) is 11.9 Å². The fourth-order valence-corrected chi connectivity index (χ4v) is 1.01. The number of hydrogen-bond donors (Lipinski definition) is 1. The van der Waals surface area contributed by atoms with Crippen molar-refractivity contribution in [3.05, 3.63) is 0 Å². The topological polar surface area (TPSA) is 47.4 Å². The largest absolute Gasteiger partial charge is 0.336 e. The second-order valence-corrected chi connectivity index (χ2v) is 2.32. The number of hydrogen-bond acceptors (Lipinski definition) is 2. The van der Waals surface area contributed by atoms with Gasteiger partial charge in [0, 0.05) is 13.6 Å². The number of likely N-dealkylation sites (N-methyl/N-ethyl adjacent to an activating group) is 2. The Morgan fingerprint density at radius 2 is 2.30 bits per heavy atom. The lowest BCUT2D eigenvalue weighted by Gasteiger charge is -2.13. The van der Waals surface area contributed by atoms with Crippen LogP contribution < -0.4 is 0 Å². The van der Waals surface area contributed by atoms with Gasteiger partial charge in [-0.15, -0.1) is 0 Å². The molecule has 0 aliphatic carbocycles. The summed E-state index contributed by atoms with van der Waals surface area (Å²) in [5.74, 6) is 0.336. The smallest absolute Gasteiger partial charge is 0.248 e. The highest BCUT2D eigenvalue weighted by Crippen LogP contribution is 2.04. The summed E-state index contributed by atoms with van der Waals surface area (Å²) < 4.78 is 0. The van der Waals surface area contributed by atoms with Gasteiger partial charge in [-0.1, -0.05) is 0 Å². The van der Waals surface area contributed by atoms with Crippen molar-refractivity contribution in [2.75, 3.05) is 20.1 Å². The zero-order chi connectivity index (χ0) is 7.72. The van der Waals surface area contributed by atoms with Gasteiger partial charge in [0.05, 0.1) is 6.54 Å². The molecule has 0 radical (unpaired) electrons. The van der Waals surface area contributed by atoms with Crippen LogP contribution >= 0.6 is 0 Å². The van der Waals surface area contributed by atoms with Gasteiger partial charge in [-0.3, -0.25) is 15.1 Å². The molecule has 56 valence electrons. The van der Waals surface area contributed by atoms with Crippen molar-refractivity contribution in [1.29, 1.82) is 5.41 Å².